The van der Waals surface area contributed by atoms with Crippen molar-refractivity contribution in [2.24, 2.45) is 0 Å². The first-order chi connectivity index (χ1) is 11.1. The summed E-state index contributed by atoms with van der Waals surface area (Å²) in [4.78, 5) is 2.30. The number of rotatable bonds is 5. The Hall–Kier alpha value is -1.55. The van der Waals surface area contributed by atoms with Crippen LogP contribution < -0.4 is 17.1 Å². The van der Waals surface area contributed by atoms with E-state index in [0.29, 0.717) is 13.2 Å². The third kappa shape index (κ3) is 4.73. The zero-order valence-electron chi connectivity index (χ0n) is 14.3. The Morgan fingerprint density at radius 1 is 1.12 bits per heavy atom. The van der Waals surface area contributed by atoms with E-state index in [1.807, 2.05) is 19.1 Å². The number of ether oxygens (including phenoxy) is 1. The Morgan fingerprint density at radius 2 is 1.88 bits per heavy atom. The molecule has 2 aromatic carbocycles. The number of aliphatic hydroxyl groups excluding tert-OH is 1. The molecule has 1 aliphatic heterocycles. The zero-order valence-corrected chi connectivity index (χ0v) is 15.1. The molecule has 0 spiro atoms. The first-order valence-corrected chi connectivity index (χ1v) is 8.29. The molecular weight excluding hydrogens is 322 g/mol. The Kier molecular flexibility index (Phi) is 6.67. The van der Waals surface area contributed by atoms with E-state index in [-0.39, 0.29) is 12.4 Å². The van der Waals surface area contributed by atoms with Crippen molar-refractivity contribution in [2.45, 2.75) is 32.9 Å². The van der Waals surface area contributed by atoms with Gasteiger partial charge in [-0.15, -0.1) is 0 Å². The summed E-state index contributed by atoms with van der Waals surface area (Å²) in [6.07, 6.45) is 0.585. The SMILES string of the molecule is Cc1ccc(OCC(O)CN2CCc3ccccc3C2)c(C)c1.[Cl-]. The first kappa shape index (κ1) is 18.8. The highest BCUT2D eigenvalue weighted by Crippen LogP contribution is 2.20. The summed E-state index contributed by atoms with van der Waals surface area (Å²) in [6, 6.07) is 14.7. The Morgan fingerprint density at radius 3 is 2.62 bits per heavy atom. The topological polar surface area (TPSA) is 32.7 Å². The standard InChI is InChI=1S/C20H25NO2.ClH/c1-15-7-8-20(16(2)11-15)23-14-19(22)13-21-10-9-17-5-3-4-6-18(17)12-21;/h3-8,11,19,22H,9-10,12-14H2,1-2H3;1H/p-1. The van der Waals surface area contributed by atoms with Crippen LogP contribution in [0, 0.1) is 13.8 Å². The smallest absolute Gasteiger partial charge is 0.122 e. The van der Waals surface area contributed by atoms with E-state index in [1.54, 1.807) is 0 Å². The highest BCUT2D eigenvalue weighted by atomic mass is 35.5. The summed E-state index contributed by atoms with van der Waals surface area (Å²) in [5.41, 5.74) is 5.15. The minimum absolute atomic E-state index is 0. The van der Waals surface area contributed by atoms with Gasteiger partial charge in [0.15, 0.2) is 0 Å². The van der Waals surface area contributed by atoms with Crippen molar-refractivity contribution >= 4 is 0 Å². The lowest BCUT2D eigenvalue weighted by molar-refractivity contribution is -0.00000734. The van der Waals surface area contributed by atoms with Gasteiger partial charge in [-0.25, -0.2) is 0 Å². The van der Waals surface area contributed by atoms with Crippen molar-refractivity contribution in [1.82, 2.24) is 4.90 Å². The van der Waals surface area contributed by atoms with Gasteiger partial charge in [0.2, 0.25) is 0 Å². The largest absolute Gasteiger partial charge is 1.00 e. The number of hydrogen-bond acceptors (Lipinski definition) is 3. The Bertz CT molecular complexity index is 674. The fourth-order valence-corrected chi connectivity index (χ4v) is 3.21. The van der Waals surface area contributed by atoms with E-state index in [2.05, 4.69) is 42.2 Å². The van der Waals surface area contributed by atoms with Crippen LogP contribution in [-0.2, 0) is 13.0 Å². The molecule has 1 aliphatic rings. The van der Waals surface area contributed by atoms with Gasteiger partial charge in [-0.2, -0.15) is 0 Å². The van der Waals surface area contributed by atoms with Crippen LogP contribution in [-0.4, -0.2) is 35.8 Å². The molecule has 0 bridgehead atoms. The molecule has 2 aromatic rings. The summed E-state index contributed by atoms with van der Waals surface area (Å²) < 4.78 is 5.79. The number of nitrogens with zero attached hydrogens (tertiary/aromatic N) is 1. The molecule has 1 atom stereocenters. The second kappa shape index (κ2) is 8.52. The predicted octanol–water partition coefficient (Wildman–Crippen LogP) is 0.105. The van der Waals surface area contributed by atoms with Crippen LogP contribution in [0.15, 0.2) is 42.5 Å². The van der Waals surface area contributed by atoms with Gasteiger partial charge in [0, 0.05) is 19.6 Å². The molecule has 0 aliphatic carbocycles. The van der Waals surface area contributed by atoms with Gasteiger partial charge >= 0.3 is 0 Å². The lowest BCUT2D eigenvalue weighted by atomic mass is 10.00. The first-order valence-electron chi connectivity index (χ1n) is 8.29. The quantitative estimate of drug-likeness (QED) is 0.834. The van der Waals surface area contributed by atoms with Crippen LogP contribution in [0.4, 0.5) is 0 Å². The van der Waals surface area contributed by atoms with Crippen molar-refractivity contribution in [1.29, 1.82) is 0 Å². The molecule has 0 fully saturated rings. The van der Waals surface area contributed by atoms with E-state index in [1.165, 1.54) is 16.7 Å². The normalized spacial score (nSPS) is 15.3. The van der Waals surface area contributed by atoms with Gasteiger partial charge in [0.1, 0.15) is 18.5 Å². The average Bonchev–Trinajstić information content (AvgIpc) is 2.54. The van der Waals surface area contributed by atoms with Crippen LogP contribution in [0.1, 0.15) is 22.3 Å². The highest BCUT2D eigenvalue weighted by molar-refractivity contribution is 5.35. The number of hydrogen-bond donors (Lipinski definition) is 1. The van der Waals surface area contributed by atoms with E-state index >= 15 is 0 Å². The Labute approximate surface area is 150 Å². The van der Waals surface area contributed by atoms with Crippen LogP contribution in [0.3, 0.4) is 0 Å². The molecule has 3 nitrogen and oxygen atoms in total. The lowest BCUT2D eigenvalue weighted by Crippen LogP contribution is -3.00. The van der Waals surface area contributed by atoms with Crippen molar-refractivity contribution in [3.8, 4) is 5.75 Å². The van der Waals surface area contributed by atoms with E-state index in [4.69, 9.17) is 4.74 Å². The van der Waals surface area contributed by atoms with E-state index < -0.39 is 6.10 Å². The van der Waals surface area contributed by atoms with Crippen molar-refractivity contribution in [3.63, 3.8) is 0 Å². The number of halogens is 1. The fraction of sp³-hybridized carbons (Fsp3) is 0.400. The summed E-state index contributed by atoms with van der Waals surface area (Å²) in [6.45, 7) is 7.01. The maximum Gasteiger partial charge on any atom is 0.122 e. The maximum absolute atomic E-state index is 10.3. The molecule has 1 unspecified atom stereocenters. The molecule has 0 saturated heterocycles. The zero-order chi connectivity index (χ0) is 16.2. The number of aliphatic hydroxyl groups is 1. The Balaban J connectivity index is 0.00000208. The highest BCUT2D eigenvalue weighted by Gasteiger charge is 2.18. The van der Waals surface area contributed by atoms with Gasteiger partial charge in [-0.1, -0.05) is 42.0 Å². The van der Waals surface area contributed by atoms with Gasteiger partial charge in [0.05, 0.1) is 0 Å². The molecule has 24 heavy (non-hydrogen) atoms. The summed E-state index contributed by atoms with van der Waals surface area (Å²) in [5, 5.41) is 10.3. The third-order valence-corrected chi connectivity index (χ3v) is 4.44. The van der Waals surface area contributed by atoms with Crippen LogP contribution in [0.25, 0.3) is 0 Å². The minimum atomic E-state index is -0.471. The van der Waals surface area contributed by atoms with Crippen molar-refractivity contribution in [2.75, 3.05) is 19.7 Å². The lowest BCUT2D eigenvalue weighted by Gasteiger charge is -2.30. The summed E-state index contributed by atoms with van der Waals surface area (Å²) >= 11 is 0. The van der Waals surface area contributed by atoms with Gasteiger partial charge in [-0.05, 0) is 43.0 Å². The third-order valence-electron chi connectivity index (χ3n) is 4.44. The van der Waals surface area contributed by atoms with Gasteiger partial charge in [0.25, 0.3) is 0 Å². The fourth-order valence-electron chi connectivity index (χ4n) is 3.21. The number of β-amino-alcohol motifs (C(OH)–C–C–N with tert-alkyl or cyclic N) is 1. The molecular formula is C20H25ClNO2-. The molecule has 0 amide bonds. The number of fused-ring (bicyclic) bond motifs is 1. The monoisotopic (exact) mass is 346 g/mol. The molecule has 0 aromatic heterocycles. The van der Waals surface area contributed by atoms with Crippen LogP contribution in [0.5, 0.6) is 5.75 Å². The van der Waals surface area contributed by atoms with E-state index in [9.17, 15) is 5.11 Å². The summed E-state index contributed by atoms with van der Waals surface area (Å²) in [7, 11) is 0. The van der Waals surface area contributed by atoms with E-state index in [0.717, 1.165) is 30.8 Å². The average molecular weight is 347 g/mol. The van der Waals surface area contributed by atoms with Crippen molar-refractivity contribution < 1.29 is 22.3 Å². The molecule has 3 rings (SSSR count). The summed E-state index contributed by atoms with van der Waals surface area (Å²) in [5.74, 6) is 0.860. The number of aryl methyl sites for hydroxylation is 2. The second-order valence-electron chi connectivity index (χ2n) is 6.49. The predicted molar refractivity (Wildman–Crippen MR) is 92.8 cm³/mol. The minimum Gasteiger partial charge on any atom is -1.00 e. The number of benzene rings is 2. The molecule has 0 saturated carbocycles. The van der Waals surface area contributed by atoms with Crippen LogP contribution in [0.2, 0.25) is 0 Å². The van der Waals surface area contributed by atoms with Crippen LogP contribution >= 0.6 is 0 Å². The van der Waals surface area contributed by atoms with Gasteiger partial charge in [-0.3, -0.25) is 4.90 Å². The van der Waals surface area contributed by atoms with Gasteiger partial charge < -0.3 is 22.3 Å². The molecule has 130 valence electrons. The molecule has 4 heteroatoms. The molecule has 0 radical (unpaired) electrons. The molecule has 1 N–H and O–H groups in total. The molecule has 1 heterocycles. The maximum atomic E-state index is 10.3. The second-order valence-corrected chi connectivity index (χ2v) is 6.49. The van der Waals surface area contributed by atoms with Crippen molar-refractivity contribution in [3.05, 3.63) is 64.7 Å².